The molecule has 1 atom stereocenters. The second kappa shape index (κ2) is 8.44. The van der Waals surface area contributed by atoms with Gasteiger partial charge in [0.05, 0.1) is 6.61 Å². The van der Waals surface area contributed by atoms with Crippen LogP contribution < -0.4 is 4.74 Å². The van der Waals surface area contributed by atoms with E-state index in [0.29, 0.717) is 30.7 Å². The van der Waals surface area contributed by atoms with E-state index in [9.17, 15) is 9.59 Å². The number of esters is 1. The van der Waals surface area contributed by atoms with Crippen molar-refractivity contribution in [3.63, 3.8) is 0 Å². The normalized spacial score (nSPS) is 19.7. The molecular formula is C24H29NO4. The number of hydrogen-bond acceptors (Lipinski definition) is 4. The molecule has 29 heavy (non-hydrogen) atoms. The van der Waals surface area contributed by atoms with Gasteiger partial charge in [-0.2, -0.15) is 0 Å². The van der Waals surface area contributed by atoms with Gasteiger partial charge in [0.25, 0.3) is 0 Å². The SMILES string of the molecule is CCOc1ccc([C@H]2CC(=O)c3c([nH]c(C(=O)OC4CCCCC4)c3C)C2)cc1. The van der Waals surface area contributed by atoms with Crippen LogP contribution in [0.5, 0.6) is 5.75 Å². The zero-order valence-electron chi connectivity index (χ0n) is 17.3. The summed E-state index contributed by atoms with van der Waals surface area (Å²) in [6.07, 6.45) is 6.48. The highest BCUT2D eigenvalue weighted by atomic mass is 16.5. The molecule has 1 aromatic carbocycles. The first-order valence-corrected chi connectivity index (χ1v) is 10.7. The molecule has 5 nitrogen and oxygen atoms in total. The molecule has 0 saturated heterocycles. The van der Waals surface area contributed by atoms with Crippen LogP contribution in [0.15, 0.2) is 24.3 Å². The van der Waals surface area contributed by atoms with Gasteiger partial charge in [-0.25, -0.2) is 4.79 Å². The number of hydrogen-bond donors (Lipinski definition) is 1. The number of aromatic nitrogens is 1. The summed E-state index contributed by atoms with van der Waals surface area (Å²) in [6, 6.07) is 7.96. The third kappa shape index (κ3) is 4.09. The molecule has 1 N–H and O–H groups in total. The maximum atomic E-state index is 12.9. The van der Waals surface area contributed by atoms with Crippen LogP contribution in [-0.2, 0) is 11.2 Å². The van der Waals surface area contributed by atoms with Crippen molar-refractivity contribution in [3.8, 4) is 5.75 Å². The number of fused-ring (bicyclic) bond motifs is 1. The minimum atomic E-state index is -0.325. The Balaban J connectivity index is 1.52. The first-order chi connectivity index (χ1) is 14.1. The molecule has 1 saturated carbocycles. The quantitative estimate of drug-likeness (QED) is 0.713. The van der Waals surface area contributed by atoms with Crippen LogP contribution >= 0.6 is 0 Å². The number of ether oxygens (including phenoxy) is 2. The minimum absolute atomic E-state index is 0.00304. The zero-order valence-corrected chi connectivity index (χ0v) is 17.3. The lowest BCUT2D eigenvalue weighted by Crippen LogP contribution is -2.21. The molecule has 2 aromatic rings. The maximum absolute atomic E-state index is 12.9. The Bertz CT molecular complexity index is 890. The van der Waals surface area contributed by atoms with Crippen molar-refractivity contribution in [2.24, 2.45) is 0 Å². The Morgan fingerprint density at radius 1 is 1.10 bits per heavy atom. The highest BCUT2D eigenvalue weighted by molar-refractivity contribution is 6.03. The van der Waals surface area contributed by atoms with Gasteiger partial charge in [0, 0.05) is 17.7 Å². The summed E-state index contributed by atoms with van der Waals surface area (Å²) in [5.74, 6) is 0.707. The van der Waals surface area contributed by atoms with Crippen LogP contribution in [-0.4, -0.2) is 29.4 Å². The first kappa shape index (κ1) is 19.7. The number of aromatic amines is 1. The topological polar surface area (TPSA) is 68.4 Å². The highest BCUT2D eigenvalue weighted by Crippen LogP contribution is 2.36. The number of ketones is 1. The van der Waals surface area contributed by atoms with Crippen LogP contribution in [0.4, 0.5) is 0 Å². The van der Waals surface area contributed by atoms with Crippen LogP contribution in [0.1, 0.15) is 89.0 Å². The monoisotopic (exact) mass is 395 g/mol. The lowest BCUT2D eigenvalue weighted by atomic mass is 9.81. The molecule has 1 aromatic heterocycles. The number of benzene rings is 1. The summed E-state index contributed by atoms with van der Waals surface area (Å²) < 4.78 is 11.2. The van der Waals surface area contributed by atoms with E-state index in [-0.39, 0.29) is 23.8 Å². The standard InChI is InChI=1S/C24H29NO4/c1-3-28-18-11-9-16(10-12-18)17-13-20-22(21(26)14-17)15(2)23(25-20)24(27)29-19-7-5-4-6-8-19/h9-12,17,19,25H,3-8,13-14H2,1-2H3/t17-/m1/s1. The van der Waals surface area contributed by atoms with E-state index in [1.165, 1.54) is 6.42 Å². The maximum Gasteiger partial charge on any atom is 0.355 e. The molecular weight excluding hydrogens is 366 g/mol. The van der Waals surface area contributed by atoms with Gasteiger partial charge in [-0.1, -0.05) is 18.6 Å². The van der Waals surface area contributed by atoms with E-state index in [2.05, 4.69) is 4.98 Å². The van der Waals surface area contributed by atoms with Crippen molar-refractivity contribution < 1.29 is 19.1 Å². The van der Waals surface area contributed by atoms with E-state index >= 15 is 0 Å². The van der Waals surface area contributed by atoms with E-state index in [1.54, 1.807) is 0 Å². The third-order valence-electron chi connectivity index (χ3n) is 6.18. The summed E-state index contributed by atoms with van der Waals surface area (Å²) in [5, 5.41) is 0. The molecule has 1 fully saturated rings. The van der Waals surface area contributed by atoms with Crippen LogP contribution in [0.3, 0.4) is 0 Å². The van der Waals surface area contributed by atoms with Gasteiger partial charge < -0.3 is 14.5 Å². The first-order valence-electron chi connectivity index (χ1n) is 10.7. The molecule has 0 spiro atoms. The largest absolute Gasteiger partial charge is 0.494 e. The Morgan fingerprint density at radius 2 is 1.83 bits per heavy atom. The summed E-state index contributed by atoms with van der Waals surface area (Å²) in [5.41, 5.74) is 3.83. The van der Waals surface area contributed by atoms with Gasteiger partial charge in [0.15, 0.2) is 5.78 Å². The van der Waals surface area contributed by atoms with Crippen molar-refractivity contribution in [1.29, 1.82) is 0 Å². The van der Waals surface area contributed by atoms with Crippen molar-refractivity contribution in [3.05, 3.63) is 52.3 Å². The van der Waals surface area contributed by atoms with Crippen LogP contribution in [0.25, 0.3) is 0 Å². The number of Topliss-reactive ketones (excluding diaryl/α,β-unsaturated/α-hetero) is 1. The van der Waals surface area contributed by atoms with E-state index in [4.69, 9.17) is 9.47 Å². The fourth-order valence-electron chi connectivity index (χ4n) is 4.67. The summed E-state index contributed by atoms with van der Waals surface area (Å²) >= 11 is 0. The average molecular weight is 395 g/mol. The molecule has 0 unspecified atom stereocenters. The molecule has 154 valence electrons. The molecule has 1 heterocycles. The number of rotatable bonds is 5. The second-order valence-electron chi connectivity index (χ2n) is 8.17. The molecule has 5 heteroatoms. The van der Waals surface area contributed by atoms with E-state index in [0.717, 1.165) is 48.3 Å². The van der Waals surface area contributed by atoms with Gasteiger partial charge in [0.2, 0.25) is 0 Å². The molecule has 2 aliphatic rings. The van der Waals surface area contributed by atoms with Crippen LogP contribution in [0.2, 0.25) is 0 Å². The van der Waals surface area contributed by atoms with Crippen molar-refractivity contribution in [2.75, 3.05) is 6.61 Å². The highest BCUT2D eigenvalue weighted by Gasteiger charge is 2.33. The Kier molecular flexibility index (Phi) is 5.74. The number of nitrogens with one attached hydrogen (secondary N) is 1. The predicted molar refractivity (Wildman–Crippen MR) is 111 cm³/mol. The molecule has 0 aliphatic heterocycles. The van der Waals surface area contributed by atoms with Gasteiger partial charge in [-0.05, 0) is 75.1 Å². The van der Waals surface area contributed by atoms with Crippen molar-refractivity contribution >= 4 is 11.8 Å². The van der Waals surface area contributed by atoms with Crippen molar-refractivity contribution in [1.82, 2.24) is 4.98 Å². The van der Waals surface area contributed by atoms with Gasteiger partial charge >= 0.3 is 5.97 Å². The Labute approximate surface area is 171 Å². The molecule has 0 radical (unpaired) electrons. The molecule has 4 rings (SSSR count). The summed E-state index contributed by atoms with van der Waals surface area (Å²) in [6.45, 7) is 4.44. The van der Waals surface area contributed by atoms with E-state index in [1.807, 2.05) is 38.1 Å². The van der Waals surface area contributed by atoms with Crippen molar-refractivity contribution in [2.45, 2.75) is 70.8 Å². The number of carbonyl (C=O) groups is 2. The zero-order chi connectivity index (χ0) is 20.4. The van der Waals surface area contributed by atoms with Gasteiger partial charge in [-0.15, -0.1) is 0 Å². The third-order valence-corrected chi connectivity index (χ3v) is 6.18. The summed E-state index contributed by atoms with van der Waals surface area (Å²) in [4.78, 5) is 28.9. The van der Waals surface area contributed by atoms with Gasteiger partial charge in [0.1, 0.15) is 17.5 Å². The average Bonchev–Trinajstić information content (AvgIpc) is 3.06. The van der Waals surface area contributed by atoms with E-state index < -0.39 is 0 Å². The number of H-pyrrole nitrogens is 1. The molecule has 0 bridgehead atoms. The number of carbonyl (C=O) groups excluding carboxylic acids is 2. The Morgan fingerprint density at radius 3 is 2.52 bits per heavy atom. The van der Waals surface area contributed by atoms with Gasteiger partial charge in [-0.3, -0.25) is 4.79 Å². The molecule has 2 aliphatic carbocycles. The Hall–Kier alpha value is -2.56. The lowest BCUT2D eigenvalue weighted by Gasteiger charge is -2.22. The fraction of sp³-hybridized carbons (Fsp3) is 0.500. The second-order valence-corrected chi connectivity index (χ2v) is 8.17. The van der Waals surface area contributed by atoms with Crippen LogP contribution in [0, 0.1) is 6.92 Å². The fourth-order valence-corrected chi connectivity index (χ4v) is 4.67. The smallest absolute Gasteiger partial charge is 0.355 e. The minimum Gasteiger partial charge on any atom is -0.494 e. The predicted octanol–water partition coefficient (Wildman–Crippen LogP) is 5.12. The summed E-state index contributed by atoms with van der Waals surface area (Å²) in [7, 11) is 0. The molecule has 0 amide bonds. The lowest BCUT2D eigenvalue weighted by molar-refractivity contribution is 0.0204.